The lowest BCUT2D eigenvalue weighted by atomic mass is 9.98. The molecular formula is C25H33N3O2. The Hall–Kier alpha value is -2.50. The van der Waals surface area contributed by atoms with E-state index in [1.807, 2.05) is 38.1 Å². The number of hydrogen-bond donors (Lipinski definition) is 1. The number of carbonyl (C=O) groups is 2. The van der Waals surface area contributed by atoms with Crippen molar-refractivity contribution in [3.63, 3.8) is 0 Å². The van der Waals surface area contributed by atoms with E-state index in [0.29, 0.717) is 19.5 Å². The van der Waals surface area contributed by atoms with Gasteiger partial charge in [0.2, 0.25) is 5.91 Å². The van der Waals surface area contributed by atoms with E-state index in [4.69, 9.17) is 0 Å². The van der Waals surface area contributed by atoms with E-state index in [-0.39, 0.29) is 11.7 Å². The molecule has 0 saturated carbocycles. The van der Waals surface area contributed by atoms with Gasteiger partial charge in [-0.25, -0.2) is 0 Å². The number of rotatable bonds is 7. The monoisotopic (exact) mass is 407 g/mol. The van der Waals surface area contributed by atoms with E-state index in [0.717, 1.165) is 48.6 Å². The fourth-order valence-electron chi connectivity index (χ4n) is 4.13. The molecule has 0 spiro atoms. The summed E-state index contributed by atoms with van der Waals surface area (Å²) in [5.74, 6) is 0.278. The van der Waals surface area contributed by atoms with Gasteiger partial charge in [0.25, 0.3) is 0 Å². The summed E-state index contributed by atoms with van der Waals surface area (Å²) in [7, 11) is 0. The van der Waals surface area contributed by atoms with E-state index in [2.05, 4.69) is 41.1 Å². The third-order valence-corrected chi connectivity index (χ3v) is 6.00. The lowest BCUT2D eigenvalue weighted by Crippen LogP contribution is -2.50. The van der Waals surface area contributed by atoms with Gasteiger partial charge >= 0.3 is 0 Å². The Morgan fingerprint density at radius 3 is 1.77 bits per heavy atom. The molecule has 1 aliphatic rings. The number of anilines is 1. The van der Waals surface area contributed by atoms with Gasteiger partial charge < -0.3 is 5.32 Å². The molecule has 1 heterocycles. The molecule has 5 heteroatoms. The number of piperazine rings is 1. The van der Waals surface area contributed by atoms with Crippen molar-refractivity contribution in [3.05, 3.63) is 64.2 Å². The molecule has 1 saturated heterocycles. The van der Waals surface area contributed by atoms with Crippen LogP contribution in [0.15, 0.2) is 36.4 Å². The van der Waals surface area contributed by atoms with E-state index in [9.17, 15) is 9.59 Å². The van der Waals surface area contributed by atoms with Crippen molar-refractivity contribution in [2.24, 2.45) is 0 Å². The minimum atomic E-state index is 0.0203. The molecule has 0 radical (unpaired) electrons. The molecule has 160 valence electrons. The Morgan fingerprint density at radius 1 is 0.767 bits per heavy atom. The zero-order valence-electron chi connectivity index (χ0n) is 18.6. The molecule has 5 nitrogen and oxygen atoms in total. The minimum Gasteiger partial charge on any atom is -0.324 e. The van der Waals surface area contributed by atoms with Gasteiger partial charge in [-0.05, 0) is 55.5 Å². The van der Waals surface area contributed by atoms with Crippen molar-refractivity contribution in [3.8, 4) is 0 Å². The number of hydrogen-bond acceptors (Lipinski definition) is 4. The number of carbonyl (C=O) groups excluding carboxylic acids is 2. The van der Waals surface area contributed by atoms with Gasteiger partial charge in [-0.15, -0.1) is 0 Å². The van der Waals surface area contributed by atoms with Gasteiger partial charge in [0.05, 0.1) is 13.1 Å². The molecular weight excluding hydrogens is 374 g/mol. The summed E-state index contributed by atoms with van der Waals surface area (Å²) in [6.45, 7) is 12.3. The molecule has 2 aromatic carbocycles. The summed E-state index contributed by atoms with van der Waals surface area (Å²) in [4.78, 5) is 29.4. The lowest BCUT2D eigenvalue weighted by Gasteiger charge is -2.34. The SMILES string of the molecule is Cc1cccc(C)c1CC(=O)CN1CCN(CC(=O)Nc2c(C)cccc2C)CC1. The molecule has 0 aromatic heterocycles. The van der Waals surface area contributed by atoms with Gasteiger partial charge in [0.1, 0.15) is 0 Å². The second kappa shape index (κ2) is 10.0. The zero-order chi connectivity index (χ0) is 21.7. The van der Waals surface area contributed by atoms with Gasteiger partial charge in [-0.2, -0.15) is 0 Å². The first kappa shape index (κ1) is 22.2. The number of amides is 1. The summed E-state index contributed by atoms with van der Waals surface area (Å²) in [6, 6.07) is 12.2. The predicted molar refractivity (Wildman–Crippen MR) is 122 cm³/mol. The van der Waals surface area contributed by atoms with Gasteiger partial charge in [0.15, 0.2) is 5.78 Å². The summed E-state index contributed by atoms with van der Waals surface area (Å²) in [6.07, 6.45) is 0.497. The Morgan fingerprint density at radius 2 is 1.23 bits per heavy atom. The molecule has 0 unspecified atom stereocenters. The van der Waals surface area contributed by atoms with Crippen molar-refractivity contribution < 1.29 is 9.59 Å². The highest BCUT2D eigenvalue weighted by molar-refractivity contribution is 5.93. The molecule has 2 aromatic rings. The van der Waals surface area contributed by atoms with Crippen LogP contribution in [-0.4, -0.2) is 60.8 Å². The quantitative estimate of drug-likeness (QED) is 0.765. The van der Waals surface area contributed by atoms with Crippen LogP contribution in [0.1, 0.15) is 27.8 Å². The van der Waals surface area contributed by atoms with Crippen LogP contribution in [0.25, 0.3) is 0 Å². The molecule has 0 aliphatic carbocycles. The lowest BCUT2D eigenvalue weighted by molar-refractivity contribution is -0.121. The normalized spacial score (nSPS) is 15.2. The van der Waals surface area contributed by atoms with Crippen LogP contribution in [0.5, 0.6) is 0 Å². The summed E-state index contributed by atoms with van der Waals surface area (Å²) in [5.41, 5.74) is 6.60. The van der Waals surface area contributed by atoms with E-state index in [1.54, 1.807) is 0 Å². The number of aryl methyl sites for hydroxylation is 4. The first-order valence-corrected chi connectivity index (χ1v) is 10.7. The molecule has 1 N–H and O–H groups in total. The maximum Gasteiger partial charge on any atom is 0.238 e. The molecule has 3 rings (SSSR count). The van der Waals surface area contributed by atoms with Crippen LogP contribution in [-0.2, 0) is 16.0 Å². The van der Waals surface area contributed by atoms with Crippen LogP contribution in [0, 0.1) is 27.7 Å². The van der Waals surface area contributed by atoms with E-state index in [1.165, 1.54) is 11.1 Å². The number of para-hydroxylation sites is 1. The largest absolute Gasteiger partial charge is 0.324 e. The highest BCUT2D eigenvalue weighted by Gasteiger charge is 2.21. The Bertz CT molecular complexity index is 799. The number of ketones is 1. The van der Waals surface area contributed by atoms with Crippen molar-refractivity contribution in [1.29, 1.82) is 0 Å². The summed E-state index contributed by atoms with van der Waals surface area (Å²) < 4.78 is 0. The average molecular weight is 408 g/mol. The highest BCUT2D eigenvalue weighted by Crippen LogP contribution is 2.19. The third kappa shape index (κ3) is 5.77. The second-order valence-corrected chi connectivity index (χ2v) is 8.45. The Labute approximate surface area is 180 Å². The standard InChI is InChI=1S/C25H33N3O2/c1-18-7-5-8-19(2)23(18)15-22(29)16-27-11-13-28(14-12-27)17-24(30)26-25-20(3)9-6-10-21(25)4/h5-10H,11-17H2,1-4H3,(H,26,30). The zero-order valence-corrected chi connectivity index (χ0v) is 18.6. The topological polar surface area (TPSA) is 52.7 Å². The maximum atomic E-state index is 12.6. The maximum absolute atomic E-state index is 12.6. The average Bonchev–Trinajstić information content (AvgIpc) is 2.69. The molecule has 30 heavy (non-hydrogen) atoms. The first-order valence-electron chi connectivity index (χ1n) is 10.7. The minimum absolute atomic E-state index is 0.0203. The van der Waals surface area contributed by atoms with Crippen molar-refractivity contribution in [2.75, 3.05) is 44.6 Å². The number of Topliss-reactive ketones (excluding diaryl/α,β-unsaturated/α-hetero) is 1. The van der Waals surface area contributed by atoms with Crippen LogP contribution < -0.4 is 5.32 Å². The second-order valence-electron chi connectivity index (χ2n) is 8.45. The highest BCUT2D eigenvalue weighted by atomic mass is 16.2. The Balaban J connectivity index is 1.44. The van der Waals surface area contributed by atoms with Crippen LogP contribution in [0.2, 0.25) is 0 Å². The van der Waals surface area contributed by atoms with Crippen LogP contribution in [0.3, 0.4) is 0 Å². The molecule has 0 atom stereocenters. The van der Waals surface area contributed by atoms with Gasteiger partial charge in [-0.3, -0.25) is 19.4 Å². The smallest absolute Gasteiger partial charge is 0.238 e. The summed E-state index contributed by atoms with van der Waals surface area (Å²) >= 11 is 0. The van der Waals surface area contributed by atoms with E-state index >= 15 is 0 Å². The van der Waals surface area contributed by atoms with Crippen molar-refractivity contribution >= 4 is 17.4 Å². The third-order valence-electron chi connectivity index (χ3n) is 6.00. The van der Waals surface area contributed by atoms with Crippen molar-refractivity contribution in [1.82, 2.24) is 9.80 Å². The fourth-order valence-corrected chi connectivity index (χ4v) is 4.13. The molecule has 1 fully saturated rings. The molecule has 1 aliphatic heterocycles. The molecule has 0 bridgehead atoms. The fraction of sp³-hybridized carbons (Fsp3) is 0.440. The predicted octanol–water partition coefficient (Wildman–Crippen LogP) is 3.29. The number of nitrogens with zero attached hydrogens (tertiary/aromatic N) is 2. The number of nitrogens with one attached hydrogen (secondary N) is 1. The van der Waals surface area contributed by atoms with E-state index < -0.39 is 0 Å². The Kier molecular flexibility index (Phi) is 7.40. The van der Waals surface area contributed by atoms with Crippen LogP contribution in [0.4, 0.5) is 5.69 Å². The van der Waals surface area contributed by atoms with Crippen molar-refractivity contribution in [2.45, 2.75) is 34.1 Å². The molecule has 1 amide bonds. The van der Waals surface area contributed by atoms with Gasteiger partial charge in [0, 0.05) is 38.3 Å². The number of benzene rings is 2. The first-order chi connectivity index (χ1) is 14.3. The van der Waals surface area contributed by atoms with Crippen LogP contribution >= 0.6 is 0 Å². The summed E-state index contributed by atoms with van der Waals surface area (Å²) in [5, 5.41) is 3.06. The van der Waals surface area contributed by atoms with Gasteiger partial charge in [-0.1, -0.05) is 36.4 Å².